The summed E-state index contributed by atoms with van der Waals surface area (Å²) in [6.07, 6.45) is 9.13. The van der Waals surface area contributed by atoms with E-state index < -0.39 is 6.10 Å². The van der Waals surface area contributed by atoms with Crippen LogP contribution in [0.25, 0.3) is 0 Å². The normalized spacial score (nSPS) is 29.7. The molecule has 2 aromatic rings. The number of aromatic hydroxyl groups is 3. The monoisotopic (exact) mass is 408 g/mol. The molecule has 3 fully saturated rings. The summed E-state index contributed by atoms with van der Waals surface area (Å²) in [5.41, 5.74) is 3.22. The fourth-order valence-corrected chi connectivity index (χ4v) is 6.83. The first-order chi connectivity index (χ1) is 14.5. The van der Waals surface area contributed by atoms with Crippen LogP contribution < -0.4 is 0 Å². The number of aryl methyl sites for hydroxylation is 1. The first kappa shape index (κ1) is 19.7. The number of phenols is 3. The van der Waals surface area contributed by atoms with Crippen LogP contribution in [0.15, 0.2) is 36.4 Å². The molecular formula is C26H32O4. The number of hydrogen-bond acceptors (Lipinski definition) is 4. The van der Waals surface area contributed by atoms with Crippen molar-refractivity contribution in [1.29, 1.82) is 0 Å². The van der Waals surface area contributed by atoms with Crippen LogP contribution in [0.1, 0.15) is 74.2 Å². The van der Waals surface area contributed by atoms with E-state index in [4.69, 9.17) is 0 Å². The minimum Gasteiger partial charge on any atom is -0.508 e. The molecule has 0 heterocycles. The maximum atomic E-state index is 10.7. The standard InChI is InChI=1S/C26H32O4/c27-22(5-3-1-2-4-16-6-8-24(29)25(30)12-16)18-7-9-23(28)21(13-18)26-14-17-10-19(15-26)20(26)11-17/h6-9,12-13,17,19-20,22,27-30H,1-5,10-11,14-15H2. The summed E-state index contributed by atoms with van der Waals surface area (Å²) in [5.74, 6) is 2.72. The molecular weight excluding hydrogens is 376 g/mol. The smallest absolute Gasteiger partial charge is 0.157 e. The van der Waals surface area contributed by atoms with E-state index in [1.165, 1.54) is 31.7 Å². The topological polar surface area (TPSA) is 80.9 Å². The maximum Gasteiger partial charge on any atom is 0.157 e. The van der Waals surface area contributed by atoms with E-state index in [0.717, 1.165) is 60.1 Å². The first-order valence-electron chi connectivity index (χ1n) is 11.5. The Labute approximate surface area is 178 Å². The first-order valence-corrected chi connectivity index (χ1v) is 11.5. The quantitative estimate of drug-likeness (QED) is 0.352. The SMILES string of the molecule is Oc1ccc(CCCCCC(O)c2ccc(O)c(C34CC5CC(C3)C4C5)c2)cc1O. The van der Waals surface area contributed by atoms with E-state index in [1.807, 2.05) is 12.1 Å². The molecule has 5 unspecified atom stereocenters. The van der Waals surface area contributed by atoms with Crippen molar-refractivity contribution >= 4 is 0 Å². The van der Waals surface area contributed by atoms with Crippen molar-refractivity contribution < 1.29 is 20.4 Å². The Morgan fingerprint density at radius 1 is 0.867 bits per heavy atom. The molecule has 30 heavy (non-hydrogen) atoms. The lowest BCUT2D eigenvalue weighted by atomic mass is 9.50. The Morgan fingerprint density at radius 3 is 2.43 bits per heavy atom. The Morgan fingerprint density at radius 2 is 1.70 bits per heavy atom. The highest BCUT2D eigenvalue weighted by Gasteiger charge is 2.65. The largest absolute Gasteiger partial charge is 0.508 e. The van der Waals surface area contributed by atoms with Gasteiger partial charge in [0.2, 0.25) is 0 Å². The van der Waals surface area contributed by atoms with Gasteiger partial charge in [-0.15, -0.1) is 0 Å². The molecule has 0 saturated heterocycles. The van der Waals surface area contributed by atoms with Crippen molar-refractivity contribution in [2.75, 3.05) is 0 Å². The van der Waals surface area contributed by atoms with E-state index in [-0.39, 0.29) is 16.9 Å². The summed E-state index contributed by atoms with van der Waals surface area (Å²) in [5, 5.41) is 40.3. The number of rotatable bonds is 8. The number of aliphatic hydroxyl groups is 1. The molecule has 0 aliphatic heterocycles. The van der Waals surface area contributed by atoms with Crippen LogP contribution in [0.5, 0.6) is 17.2 Å². The van der Waals surface area contributed by atoms with Gasteiger partial charge >= 0.3 is 0 Å². The molecule has 2 bridgehead atoms. The van der Waals surface area contributed by atoms with Crippen LogP contribution in [0, 0.1) is 17.8 Å². The van der Waals surface area contributed by atoms with Crippen molar-refractivity contribution in [3.63, 3.8) is 0 Å². The van der Waals surface area contributed by atoms with Crippen LogP contribution in [-0.2, 0) is 11.8 Å². The second-order valence-corrected chi connectivity index (χ2v) is 9.98. The molecule has 3 aliphatic rings. The Kier molecular flexibility index (Phi) is 4.93. The van der Waals surface area contributed by atoms with Gasteiger partial charge in [0.15, 0.2) is 11.5 Å². The highest BCUT2D eigenvalue weighted by molar-refractivity contribution is 5.47. The summed E-state index contributed by atoms with van der Waals surface area (Å²) in [6, 6.07) is 10.7. The molecule has 4 heteroatoms. The molecule has 5 atom stereocenters. The highest BCUT2D eigenvalue weighted by atomic mass is 16.3. The van der Waals surface area contributed by atoms with Gasteiger partial charge in [0.05, 0.1) is 6.10 Å². The summed E-state index contributed by atoms with van der Waals surface area (Å²) in [6.45, 7) is 0. The molecule has 0 spiro atoms. The van der Waals surface area contributed by atoms with Gasteiger partial charge in [-0.05, 0) is 98.1 Å². The lowest BCUT2D eigenvalue weighted by molar-refractivity contribution is 0.0376. The van der Waals surface area contributed by atoms with Crippen molar-refractivity contribution in [1.82, 2.24) is 0 Å². The van der Waals surface area contributed by atoms with Gasteiger partial charge in [-0.1, -0.05) is 25.0 Å². The molecule has 5 rings (SSSR count). The molecule has 2 aromatic carbocycles. The average molecular weight is 409 g/mol. The van der Waals surface area contributed by atoms with Crippen molar-refractivity contribution in [3.8, 4) is 17.2 Å². The van der Waals surface area contributed by atoms with Crippen LogP contribution in [0.4, 0.5) is 0 Å². The number of aliphatic hydroxyl groups excluding tert-OH is 1. The zero-order valence-corrected chi connectivity index (χ0v) is 17.4. The van der Waals surface area contributed by atoms with Crippen molar-refractivity contribution in [2.45, 2.75) is 69.3 Å². The Balaban J connectivity index is 1.15. The molecule has 0 radical (unpaired) electrons. The van der Waals surface area contributed by atoms with E-state index in [9.17, 15) is 20.4 Å². The Bertz CT molecular complexity index is 939. The molecule has 3 saturated carbocycles. The zero-order chi connectivity index (χ0) is 20.9. The van der Waals surface area contributed by atoms with Crippen LogP contribution in [0.3, 0.4) is 0 Å². The lowest BCUT2D eigenvalue weighted by Crippen LogP contribution is -2.49. The molecule has 160 valence electrons. The van der Waals surface area contributed by atoms with Gasteiger partial charge in [-0.3, -0.25) is 0 Å². The predicted molar refractivity (Wildman–Crippen MR) is 116 cm³/mol. The van der Waals surface area contributed by atoms with Gasteiger partial charge in [0.1, 0.15) is 5.75 Å². The van der Waals surface area contributed by atoms with E-state index in [1.54, 1.807) is 12.1 Å². The molecule has 4 N–H and O–H groups in total. The molecule has 0 aromatic heterocycles. The fraction of sp³-hybridized carbons (Fsp3) is 0.538. The van der Waals surface area contributed by atoms with Gasteiger partial charge in [-0.2, -0.15) is 0 Å². The van der Waals surface area contributed by atoms with Gasteiger partial charge in [0.25, 0.3) is 0 Å². The number of fused-ring (bicyclic) bond motifs is 1. The molecule has 4 nitrogen and oxygen atoms in total. The van der Waals surface area contributed by atoms with E-state index in [2.05, 4.69) is 6.07 Å². The summed E-state index contributed by atoms with van der Waals surface area (Å²) in [7, 11) is 0. The summed E-state index contributed by atoms with van der Waals surface area (Å²) < 4.78 is 0. The fourth-order valence-electron chi connectivity index (χ4n) is 6.83. The Hall–Kier alpha value is -2.20. The molecule has 0 amide bonds. The second kappa shape index (κ2) is 7.49. The predicted octanol–water partition coefficient (Wildman–Crippen LogP) is 5.33. The van der Waals surface area contributed by atoms with Crippen LogP contribution in [-0.4, -0.2) is 20.4 Å². The summed E-state index contributed by atoms with van der Waals surface area (Å²) >= 11 is 0. The minimum atomic E-state index is -0.493. The second-order valence-electron chi connectivity index (χ2n) is 9.98. The lowest BCUT2D eigenvalue weighted by Gasteiger charge is -2.54. The van der Waals surface area contributed by atoms with Crippen LogP contribution >= 0.6 is 0 Å². The van der Waals surface area contributed by atoms with Gasteiger partial charge in [-0.25, -0.2) is 0 Å². The third kappa shape index (κ3) is 3.26. The van der Waals surface area contributed by atoms with Crippen molar-refractivity contribution in [3.05, 3.63) is 53.1 Å². The highest BCUT2D eigenvalue weighted by Crippen LogP contribution is 2.72. The van der Waals surface area contributed by atoms with Crippen LogP contribution in [0.2, 0.25) is 0 Å². The zero-order valence-electron chi connectivity index (χ0n) is 17.4. The number of phenolic OH excluding ortho intramolecular Hbond substituents is 3. The number of unbranched alkanes of at least 4 members (excludes halogenated alkanes) is 2. The van der Waals surface area contributed by atoms with E-state index in [0.29, 0.717) is 12.2 Å². The molecule has 3 aliphatic carbocycles. The third-order valence-corrected chi connectivity index (χ3v) is 8.21. The average Bonchev–Trinajstić information content (AvgIpc) is 3.21. The number of hydrogen-bond donors (Lipinski definition) is 4. The van der Waals surface area contributed by atoms with Crippen molar-refractivity contribution in [2.24, 2.45) is 17.8 Å². The third-order valence-electron chi connectivity index (χ3n) is 8.21. The van der Waals surface area contributed by atoms with E-state index >= 15 is 0 Å². The van der Waals surface area contributed by atoms with Gasteiger partial charge < -0.3 is 20.4 Å². The minimum absolute atomic E-state index is 0.0706. The maximum absolute atomic E-state index is 10.7. The summed E-state index contributed by atoms with van der Waals surface area (Å²) in [4.78, 5) is 0. The van der Waals surface area contributed by atoms with Gasteiger partial charge in [0, 0.05) is 11.0 Å². The number of benzene rings is 2.